The second kappa shape index (κ2) is 5.54. The standard InChI is InChI=1S/C8H18N6/c1-4-14(5-2)7-6-9-8-10-11-12-13(8)3/h4-7H2,1-3H3,(H,9,10,12). The van der Waals surface area contributed by atoms with Gasteiger partial charge in [0.2, 0.25) is 5.95 Å². The number of likely N-dealkylation sites (N-methyl/N-ethyl adjacent to an activating group) is 1. The maximum Gasteiger partial charge on any atom is 0.242 e. The minimum absolute atomic E-state index is 0.720. The first-order valence-corrected chi connectivity index (χ1v) is 4.96. The summed E-state index contributed by atoms with van der Waals surface area (Å²) in [7, 11) is 1.82. The molecule has 0 aromatic carbocycles. The van der Waals surface area contributed by atoms with Crippen LogP contribution in [0.4, 0.5) is 5.95 Å². The quantitative estimate of drug-likeness (QED) is 0.695. The van der Waals surface area contributed by atoms with Crippen LogP contribution >= 0.6 is 0 Å². The summed E-state index contributed by atoms with van der Waals surface area (Å²) in [6, 6.07) is 0. The number of nitrogens with one attached hydrogen (secondary N) is 1. The van der Waals surface area contributed by atoms with Gasteiger partial charge in [0.1, 0.15) is 0 Å². The van der Waals surface area contributed by atoms with E-state index >= 15 is 0 Å². The summed E-state index contributed by atoms with van der Waals surface area (Å²) < 4.78 is 1.63. The number of tetrazole rings is 1. The zero-order valence-electron chi connectivity index (χ0n) is 9.06. The van der Waals surface area contributed by atoms with E-state index in [1.165, 1.54) is 0 Å². The van der Waals surface area contributed by atoms with E-state index in [4.69, 9.17) is 0 Å². The summed E-state index contributed by atoms with van der Waals surface area (Å²) in [4.78, 5) is 2.34. The summed E-state index contributed by atoms with van der Waals surface area (Å²) in [5, 5.41) is 14.3. The number of anilines is 1. The monoisotopic (exact) mass is 198 g/mol. The van der Waals surface area contributed by atoms with Crippen LogP contribution in [0.5, 0.6) is 0 Å². The lowest BCUT2D eigenvalue weighted by molar-refractivity contribution is 0.315. The molecule has 0 aliphatic carbocycles. The average Bonchev–Trinajstić information content (AvgIpc) is 2.59. The Balaban J connectivity index is 2.24. The first-order valence-electron chi connectivity index (χ1n) is 4.96. The number of nitrogens with zero attached hydrogens (tertiary/aromatic N) is 5. The second-order valence-corrected chi connectivity index (χ2v) is 3.08. The van der Waals surface area contributed by atoms with Gasteiger partial charge in [-0.15, -0.1) is 0 Å². The second-order valence-electron chi connectivity index (χ2n) is 3.08. The molecule has 0 aliphatic heterocycles. The smallest absolute Gasteiger partial charge is 0.242 e. The van der Waals surface area contributed by atoms with Crippen molar-refractivity contribution >= 4 is 5.95 Å². The molecule has 0 amide bonds. The topological polar surface area (TPSA) is 58.9 Å². The van der Waals surface area contributed by atoms with Gasteiger partial charge in [0.15, 0.2) is 0 Å². The Morgan fingerprint density at radius 2 is 2.07 bits per heavy atom. The molecule has 1 aromatic rings. The molecule has 0 aliphatic rings. The van der Waals surface area contributed by atoms with Crippen molar-refractivity contribution in [1.29, 1.82) is 0 Å². The molecule has 0 unspecified atom stereocenters. The van der Waals surface area contributed by atoms with Crippen molar-refractivity contribution in [2.75, 3.05) is 31.5 Å². The van der Waals surface area contributed by atoms with Crippen molar-refractivity contribution in [3.8, 4) is 0 Å². The van der Waals surface area contributed by atoms with E-state index in [1.54, 1.807) is 4.68 Å². The minimum Gasteiger partial charge on any atom is -0.352 e. The van der Waals surface area contributed by atoms with Crippen molar-refractivity contribution < 1.29 is 0 Å². The highest BCUT2D eigenvalue weighted by molar-refractivity contribution is 5.20. The van der Waals surface area contributed by atoms with E-state index in [1.807, 2.05) is 7.05 Å². The number of aryl methyl sites for hydroxylation is 1. The molecule has 0 radical (unpaired) electrons. The number of hydrogen-bond acceptors (Lipinski definition) is 5. The molecule has 1 rings (SSSR count). The first-order chi connectivity index (χ1) is 6.77. The first kappa shape index (κ1) is 10.9. The van der Waals surface area contributed by atoms with Crippen LogP contribution in [0.25, 0.3) is 0 Å². The van der Waals surface area contributed by atoms with Crippen LogP contribution in [0.15, 0.2) is 0 Å². The van der Waals surface area contributed by atoms with Gasteiger partial charge in [-0.2, -0.15) is 0 Å². The lowest BCUT2D eigenvalue weighted by atomic mass is 10.4. The Morgan fingerprint density at radius 3 is 2.57 bits per heavy atom. The third kappa shape index (κ3) is 2.95. The van der Waals surface area contributed by atoms with Gasteiger partial charge in [0.05, 0.1) is 0 Å². The van der Waals surface area contributed by atoms with Crippen LogP contribution in [0.3, 0.4) is 0 Å². The Bertz CT molecular complexity index is 254. The molecule has 0 fully saturated rings. The van der Waals surface area contributed by atoms with Crippen molar-refractivity contribution in [3.05, 3.63) is 0 Å². The zero-order chi connectivity index (χ0) is 10.4. The average molecular weight is 198 g/mol. The van der Waals surface area contributed by atoms with E-state index in [0.717, 1.165) is 32.1 Å². The molecule has 0 bridgehead atoms. The Kier molecular flexibility index (Phi) is 4.31. The molecule has 6 heteroatoms. The third-order valence-electron chi connectivity index (χ3n) is 2.23. The Hall–Kier alpha value is -1.17. The Morgan fingerprint density at radius 1 is 1.36 bits per heavy atom. The lowest BCUT2D eigenvalue weighted by Crippen LogP contribution is -2.29. The predicted molar refractivity (Wildman–Crippen MR) is 55.1 cm³/mol. The van der Waals surface area contributed by atoms with Gasteiger partial charge in [0, 0.05) is 20.1 Å². The SMILES string of the molecule is CCN(CC)CCNc1nnnn1C. The fourth-order valence-electron chi connectivity index (χ4n) is 1.24. The van der Waals surface area contributed by atoms with Crippen LogP contribution < -0.4 is 5.32 Å². The van der Waals surface area contributed by atoms with Gasteiger partial charge in [-0.1, -0.05) is 18.9 Å². The van der Waals surface area contributed by atoms with Crippen LogP contribution in [0, 0.1) is 0 Å². The van der Waals surface area contributed by atoms with Crippen molar-refractivity contribution in [3.63, 3.8) is 0 Å². The summed E-state index contributed by atoms with van der Waals surface area (Å²) in [6.07, 6.45) is 0. The van der Waals surface area contributed by atoms with Crippen LogP contribution in [-0.4, -0.2) is 51.3 Å². The predicted octanol–water partition coefficient (Wildman–Crippen LogP) is -0.0362. The molecule has 0 saturated carbocycles. The van der Waals surface area contributed by atoms with Gasteiger partial charge >= 0.3 is 0 Å². The molecule has 1 aromatic heterocycles. The van der Waals surface area contributed by atoms with E-state index in [2.05, 4.69) is 39.6 Å². The zero-order valence-corrected chi connectivity index (χ0v) is 9.06. The Labute approximate surface area is 84.3 Å². The molecule has 6 nitrogen and oxygen atoms in total. The maximum atomic E-state index is 3.84. The highest BCUT2D eigenvalue weighted by Crippen LogP contribution is 1.94. The molecule has 1 N–H and O–H groups in total. The lowest BCUT2D eigenvalue weighted by Gasteiger charge is -2.17. The van der Waals surface area contributed by atoms with Crippen LogP contribution in [0.1, 0.15) is 13.8 Å². The summed E-state index contributed by atoms with van der Waals surface area (Å²) in [5.41, 5.74) is 0. The number of hydrogen-bond donors (Lipinski definition) is 1. The normalized spacial score (nSPS) is 10.9. The molecule has 0 spiro atoms. The van der Waals surface area contributed by atoms with E-state index in [-0.39, 0.29) is 0 Å². The molecule has 14 heavy (non-hydrogen) atoms. The number of rotatable bonds is 6. The third-order valence-corrected chi connectivity index (χ3v) is 2.23. The summed E-state index contributed by atoms with van der Waals surface area (Å²) in [6.45, 7) is 8.36. The largest absolute Gasteiger partial charge is 0.352 e. The van der Waals surface area contributed by atoms with E-state index < -0.39 is 0 Å². The number of aromatic nitrogens is 4. The fraction of sp³-hybridized carbons (Fsp3) is 0.875. The van der Waals surface area contributed by atoms with Gasteiger partial charge in [-0.3, -0.25) is 0 Å². The van der Waals surface area contributed by atoms with Gasteiger partial charge < -0.3 is 10.2 Å². The van der Waals surface area contributed by atoms with Crippen LogP contribution in [0.2, 0.25) is 0 Å². The van der Waals surface area contributed by atoms with Crippen LogP contribution in [-0.2, 0) is 7.05 Å². The van der Waals surface area contributed by atoms with Gasteiger partial charge in [-0.05, 0) is 23.5 Å². The fourth-order valence-corrected chi connectivity index (χ4v) is 1.24. The highest BCUT2D eigenvalue weighted by atomic mass is 15.6. The van der Waals surface area contributed by atoms with E-state index in [9.17, 15) is 0 Å². The summed E-state index contributed by atoms with van der Waals surface area (Å²) in [5.74, 6) is 0.720. The molecule has 0 atom stereocenters. The minimum atomic E-state index is 0.720. The molecular weight excluding hydrogens is 180 g/mol. The van der Waals surface area contributed by atoms with Gasteiger partial charge in [0.25, 0.3) is 0 Å². The van der Waals surface area contributed by atoms with Gasteiger partial charge in [-0.25, -0.2) is 4.68 Å². The van der Waals surface area contributed by atoms with Crippen molar-refractivity contribution in [2.45, 2.75) is 13.8 Å². The van der Waals surface area contributed by atoms with E-state index in [0.29, 0.717) is 0 Å². The molecular formula is C8H18N6. The molecule has 80 valence electrons. The summed E-state index contributed by atoms with van der Waals surface area (Å²) >= 11 is 0. The van der Waals surface area contributed by atoms with Crippen molar-refractivity contribution in [2.24, 2.45) is 7.05 Å². The molecule has 0 saturated heterocycles. The molecule has 1 heterocycles. The maximum absolute atomic E-state index is 3.84. The van der Waals surface area contributed by atoms with Crippen molar-refractivity contribution in [1.82, 2.24) is 25.1 Å². The highest BCUT2D eigenvalue weighted by Gasteiger charge is 2.01.